The van der Waals surface area contributed by atoms with Gasteiger partial charge < -0.3 is 14.9 Å². The lowest BCUT2D eigenvalue weighted by molar-refractivity contribution is -0.139. The summed E-state index contributed by atoms with van der Waals surface area (Å²) in [7, 11) is 4.08. The van der Waals surface area contributed by atoms with E-state index >= 15 is 0 Å². The second-order valence-electron chi connectivity index (χ2n) is 5.87. The maximum absolute atomic E-state index is 11.0. The number of piperidine rings is 1. The lowest BCUT2D eigenvalue weighted by Gasteiger charge is -2.38. The van der Waals surface area contributed by atoms with Crippen LogP contribution >= 0.6 is 0 Å². The van der Waals surface area contributed by atoms with Gasteiger partial charge in [0.15, 0.2) is 0 Å². The van der Waals surface area contributed by atoms with E-state index in [0.717, 1.165) is 26.1 Å². The SMILES string of the molecule is CN(C)CCN(CC(=O)O)C1CCN2CCC1C2. The molecule has 2 bridgehead atoms. The standard InChI is InChI=1S/C13H25N3O2/c1-14(2)7-8-16(10-13(17)18)12-4-6-15-5-3-11(12)9-15/h11-12H,3-10H2,1-2H3,(H,17,18). The molecule has 2 fully saturated rings. The molecule has 5 nitrogen and oxygen atoms in total. The van der Waals surface area contributed by atoms with E-state index in [1.807, 2.05) is 14.1 Å². The van der Waals surface area contributed by atoms with Gasteiger partial charge in [0.1, 0.15) is 0 Å². The molecule has 0 amide bonds. The van der Waals surface area contributed by atoms with Crippen LogP contribution < -0.4 is 0 Å². The Hall–Kier alpha value is -0.650. The van der Waals surface area contributed by atoms with Crippen molar-refractivity contribution in [2.75, 3.05) is 53.4 Å². The monoisotopic (exact) mass is 255 g/mol. The van der Waals surface area contributed by atoms with Crippen molar-refractivity contribution in [1.82, 2.24) is 14.7 Å². The van der Waals surface area contributed by atoms with Crippen LogP contribution in [0.4, 0.5) is 0 Å². The van der Waals surface area contributed by atoms with E-state index in [-0.39, 0.29) is 6.54 Å². The molecule has 3 atom stereocenters. The fourth-order valence-electron chi connectivity index (χ4n) is 3.28. The van der Waals surface area contributed by atoms with Gasteiger partial charge in [-0.3, -0.25) is 9.69 Å². The highest BCUT2D eigenvalue weighted by Gasteiger charge is 2.37. The molecule has 0 saturated carbocycles. The summed E-state index contributed by atoms with van der Waals surface area (Å²) in [5.74, 6) is -0.0190. The molecule has 5 heteroatoms. The van der Waals surface area contributed by atoms with Crippen LogP contribution in [-0.4, -0.2) is 85.2 Å². The van der Waals surface area contributed by atoms with Crippen molar-refractivity contribution in [3.63, 3.8) is 0 Å². The normalized spacial score (nSPS) is 31.2. The van der Waals surface area contributed by atoms with Crippen LogP contribution in [0.2, 0.25) is 0 Å². The maximum atomic E-state index is 11.0. The van der Waals surface area contributed by atoms with Crippen LogP contribution in [0.5, 0.6) is 0 Å². The fraction of sp³-hybridized carbons (Fsp3) is 0.923. The van der Waals surface area contributed by atoms with Crippen molar-refractivity contribution in [3.05, 3.63) is 0 Å². The second kappa shape index (κ2) is 5.99. The molecule has 104 valence electrons. The topological polar surface area (TPSA) is 47.0 Å². The number of aliphatic carboxylic acids is 1. The quantitative estimate of drug-likeness (QED) is 0.725. The van der Waals surface area contributed by atoms with Gasteiger partial charge in [0.25, 0.3) is 0 Å². The third kappa shape index (κ3) is 3.43. The molecule has 2 aliphatic heterocycles. The largest absolute Gasteiger partial charge is 0.480 e. The first kappa shape index (κ1) is 13.8. The van der Waals surface area contributed by atoms with Crippen molar-refractivity contribution < 1.29 is 9.90 Å². The molecule has 0 radical (unpaired) electrons. The minimum atomic E-state index is -0.700. The first-order chi connectivity index (χ1) is 8.56. The van der Waals surface area contributed by atoms with Gasteiger partial charge in [-0.05, 0) is 45.9 Å². The number of likely N-dealkylation sites (N-methyl/N-ethyl adjacent to an activating group) is 1. The van der Waals surface area contributed by atoms with E-state index in [4.69, 9.17) is 5.11 Å². The molecule has 0 aromatic heterocycles. The lowest BCUT2D eigenvalue weighted by Crippen LogP contribution is -2.50. The number of carbonyl (C=O) groups is 1. The highest BCUT2D eigenvalue weighted by molar-refractivity contribution is 5.69. The molecule has 0 aromatic rings. The van der Waals surface area contributed by atoms with Gasteiger partial charge >= 0.3 is 5.97 Å². The molecule has 2 heterocycles. The van der Waals surface area contributed by atoms with Gasteiger partial charge in [-0.15, -0.1) is 0 Å². The Morgan fingerprint density at radius 3 is 2.67 bits per heavy atom. The van der Waals surface area contributed by atoms with Crippen LogP contribution in [0.3, 0.4) is 0 Å². The van der Waals surface area contributed by atoms with Crippen molar-refractivity contribution in [2.45, 2.75) is 18.9 Å². The van der Waals surface area contributed by atoms with Crippen LogP contribution in [-0.2, 0) is 4.79 Å². The number of carboxylic acids is 1. The van der Waals surface area contributed by atoms with Crippen LogP contribution in [0.15, 0.2) is 0 Å². The zero-order valence-corrected chi connectivity index (χ0v) is 11.5. The number of nitrogens with zero attached hydrogens (tertiary/aromatic N) is 3. The summed E-state index contributed by atoms with van der Waals surface area (Å²) in [6.45, 7) is 5.49. The predicted octanol–water partition coefficient (Wildman–Crippen LogP) is 0.0288. The van der Waals surface area contributed by atoms with E-state index in [2.05, 4.69) is 14.7 Å². The van der Waals surface area contributed by atoms with Crippen LogP contribution in [0.1, 0.15) is 12.8 Å². The summed E-state index contributed by atoms with van der Waals surface area (Å²) >= 11 is 0. The Balaban J connectivity index is 1.95. The predicted molar refractivity (Wildman–Crippen MR) is 70.7 cm³/mol. The highest BCUT2D eigenvalue weighted by Crippen LogP contribution is 2.30. The maximum Gasteiger partial charge on any atom is 0.317 e. The Morgan fingerprint density at radius 1 is 1.28 bits per heavy atom. The molecule has 2 aliphatic rings. The average molecular weight is 255 g/mol. The zero-order chi connectivity index (χ0) is 13.1. The Kier molecular flexibility index (Phi) is 4.59. The summed E-state index contributed by atoms with van der Waals surface area (Å²) in [5, 5.41) is 9.08. The summed E-state index contributed by atoms with van der Waals surface area (Å²) in [6, 6.07) is 0.472. The number of fused-ring (bicyclic) bond motifs is 2. The highest BCUT2D eigenvalue weighted by atomic mass is 16.4. The number of hydrogen-bond donors (Lipinski definition) is 1. The van der Waals surface area contributed by atoms with Gasteiger partial charge in [0.2, 0.25) is 0 Å². The molecule has 18 heavy (non-hydrogen) atoms. The average Bonchev–Trinajstić information content (AvgIpc) is 2.67. The molecule has 3 unspecified atom stereocenters. The third-order valence-corrected chi connectivity index (χ3v) is 4.24. The van der Waals surface area contributed by atoms with Crippen molar-refractivity contribution in [2.24, 2.45) is 5.92 Å². The molecule has 1 N–H and O–H groups in total. The zero-order valence-electron chi connectivity index (χ0n) is 11.5. The van der Waals surface area contributed by atoms with Gasteiger partial charge in [-0.1, -0.05) is 0 Å². The molecule has 0 aliphatic carbocycles. The summed E-state index contributed by atoms with van der Waals surface area (Å²) in [5.41, 5.74) is 0. The van der Waals surface area contributed by atoms with E-state index in [1.165, 1.54) is 19.5 Å². The Labute approximate surface area is 109 Å². The second-order valence-corrected chi connectivity index (χ2v) is 5.87. The summed E-state index contributed by atoms with van der Waals surface area (Å²) < 4.78 is 0. The minimum Gasteiger partial charge on any atom is -0.480 e. The van der Waals surface area contributed by atoms with Gasteiger partial charge in [-0.2, -0.15) is 0 Å². The van der Waals surface area contributed by atoms with Crippen LogP contribution in [0, 0.1) is 5.92 Å². The van der Waals surface area contributed by atoms with E-state index in [0.29, 0.717) is 12.0 Å². The number of rotatable bonds is 6. The first-order valence-corrected chi connectivity index (χ1v) is 6.89. The lowest BCUT2D eigenvalue weighted by atomic mass is 9.92. The Morgan fingerprint density at radius 2 is 2.00 bits per heavy atom. The molecular formula is C13H25N3O2. The third-order valence-electron chi connectivity index (χ3n) is 4.24. The van der Waals surface area contributed by atoms with Gasteiger partial charge in [0.05, 0.1) is 6.54 Å². The Bertz CT molecular complexity index is 296. The summed E-state index contributed by atoms with van der Waals surface area (Å²) in [6.07, 6.45) is 2.37. The first-order valence-electron chi connectivity index (χ1n) is 6.89. The smallest absolute Gasteiger partial charge is 0.317 e. The van der Waals surface area contributed by atoms with Crippen molar-refractivity contribution >= 4 is 5.97 Å². The fourth-order valence-corrected chi connectivity index (χ4v) is 3.28. The molecule has 0 aromatic carbocycles. The van der Waals surface area contributed by atoms with E-state index in [9.17, 15) is 4.79 Å². The summed E-state index contributed by atoms with van der Waals surface area (Å²) in [4.78, 5) is 17.9. The van der Waals surface area contributed by atoms with Crippen molar-refractivity contribution in [3.8, 4) is 0 Å². The number of carboxylic acid groups (broad SMARTS) is 1. The van der Waals surface area contributed by atoms with Gasteiger partial charge in [0, 0.05) is 25.7 Å². The van der Waals surface area contributed by atoms with Crippen molar-refractivity contribution in [1.29, 1.82) is 0 Å². The molecule has 2 saturated heterocycles. The van der Waals surface area contributed by atoms with E-state index in [1.54, 1.807) is 0 Å². The minimum absolute atomic E-state index is 0.189. The van der Waals surface area contributed by atoms with Gasteiger partial charge in [-0.25, -0.2) is 0 Å². The van der Waals surface area contributed by atoms with Crippen LogP contribution in [0.25, 0.3) is 0 Å². The van der Waals surface area contributed by atoms with E-state index < -0.39 is 5.97 Å². The number of hydrogen-bond acceptors (Lipinski definition) is 4. The molecule has 0 spiro atoms. The molecular weight excluding hydrogens is 230 g/mol. The molecule has 2 rings (SSSR count).